The van der Waals surface area contributed by atoms with Gasteiger partial charge < -0.3 is 10.6 Å². The second kappa shape index (κ2) is 5.80. The molecule has 0 radical (unpaired) electrons. The highest BCUT2D eigenvalue weighted by atomic mass is 19.1. The third-order valence-corrected chi connectivity index (χ3v) is 3.00. The molecule has 0 aliphatic rings. The molecule has 3 nitrogen and oxygen atoms in total. The van der Waals surface area contributed by atoms with Gasteiger partial charge in [0.15, 0.2) is 0 Å². The second-order valence-electron chi connectivity index (χ2n) is 4.62. The highest BCUT2D eigenvalue weighted by molar-refractivity contribution is 5.48. The third-order valence-electron chi connectivity index (χ3n) is 3.00. The van der Waals surface area contributed by atoms with Crippen LogP contribution in [0.25, 0.3) is 0 Å². The number of aromatic nitrogens is 1. The van der Waals surface area contributed by atoms with Gasteiger partial charge in [0.05, 0.1) is 17.9 Å². The molecule has 0 spiro atoms. The molecule has 1 aromatic heterocycles. The van der Waals surface area contributed by atoms with Crippen molar-refractivity contribution in [2.75, 3.05) is 11.9 Å². The zero-order valence-corrected chi connectivity index (χ0v) is 11.2. The molecule has 0 unspecified atom stereocenters. The molecule has 1 heterocycles. The van der Waals surface area contributed by atoms with Crippen molar-refractivity contribution >= 4 is 5.69 Å². The van der Waals surface area contributed by atoms with E-state index in [4.69, 9.17) is 5.73 Å². The zero-order chi connectivity index (χ0) is 13.8. The lowest BCUT2D eigenvalue weighted by molar-refractivity contribution is 0.619. The molecule has 1 aromatic carbocycles. The number of hydrogen-bond acceptors (Lipinski definition) is 3. The van der Waals surface area contributed by atoms with Crippen molar-refractivity contribution in [3.63, 3.8) is 0 Å². The van der Waals surface area contributed by atoms with Crippen LogP contribution in [0.4, 0.5) is 10.1 Å². The maximum Gasteiger partial charge on any atom is 0.146 e. The van der Waals surface area contributed by atoms with Crippen LogP contribution in [0.2, 0.25) is 0 Å². The van der Waals surface area contributed by atoms with Crippen molar-refractivity contribution in [2.24, 2.45) is 5.73 Å². The molecule has 19 heavy (non-hydrogen) atoms. The maximum absolute atomic E-state index is 14.0. The van der Waals surface area contributed by atoms with Gasteiger partial charge in [-0.15, -0.1) is 0 Å². The quantitative estimate of drug-likeness (QED) is 0.917. The minimum absolute atomic E-state index is 0.252. The molecular formula is C15H18FN3. The Labute approximate surface area is 112 Å². The molecule has 0 saturated heterocycles. The first-order valence-corrected chi connectivity index (χ1v) is 6.22. The van der Waals surface area contributed by atoms with Crippen molar-refractivity contribution in [3.05, 3.63) is 59.2 Å². The molecule has 0 amide bonds. The molecule has 0 fully saturated rings. The van der Waals surface area contributed by atoms with E-state index in [-0.39, 0.29) is 5.82 Å². The van der Waals surface area contributed by atoms with Gasteiger partial charge in [0.1, 0.15) is 5.82 Å². The summed E-state index contributed by atoms with van der Waals surface area (Å²) in [4.78, 5) is 6.26. The van der Waals surface area contributed by atoms with Gasteiger partial charge >= 0.3 is 0 Å². The van der Waals surface area contributed by atoms with Gasteiger partial charge in [-0.2, -0.15) is 0 Å². The van der Waals surface area contributed by atoms with Crippen LogP contribution in [-0.4, -0.2) is 12.0 Å². The predicted molar refractivity (Wildman–Crippen MR) is 75.4 cm³/mol. The summed E-state index contributed by atoms with van der Waals surface area (Å²) in [6.07, 6.45) is 0. The van der Waals surface area contributed by atoms with E-state index in [1.807, 2.05) is 43.1 Å². The first kappa shape index (κ1) is 13.5. The Morgan fingerprint density at radius 2 is 2.05 bits per heavy atom. The van der Waals surface area contributed by atoms with Crippen molar-refractivity contribution in [2.45, 2.75) is 20.0 Å². The molecular weight excluding hydrogens is 241 g/mol. The van der Waals surface area contributed by atoms with Gasteiger partial charge in [0.2, 0.25) is 0 Å². The van der Waals surface area contributed by atoms with Crippen LogP contribution in [0.15, 0.2) is 36.4 Å². The predicted octanol–water partition coefficient (Wildman–Crippen LogP) is 2.62. The number of nitrogens with zero attached hydrogens (tertiary/aromatic N) is 2. The monoisotopic (exact) mass is 259 g/mol. The SMILES string of the molecule is Cc1cccc(CN(C)c2ccc(CN)cc2F)n1. The van der Waals surface area contributed by atoms with E-state index in [1.54, 1.807) is 6.07 Å². The molecule has 4 heteroatoms. The number of halogens is 1. The van der Waals surface area contributed by atoms with Crippen LogP contribution in [0.5, 0.6) is 0 Å². The van der Waals surface area contributed by atoms with Crippen LogP contribution in [0.3, 0.4) is 0 Å². The Kier molecular flexibility index (Phi) is 4.12. The summed E-state index contributed by atoms with van der Waals surface area (Å²) in [5, 5.41) is 0. The van der Waals surface area contributed by atoms with Crippen molar-refractivity contribution in [3.8, 4) is 0 Å². The fourth-order valence-corrected chi connectivity index (χ4v) is 2.00. The lowest BCUT2D eigenvalue weighted by Crippen LogP contribution is -2.18. The van der Waals surface area contributed by atoms with Gasteiger partial charge in [-0.1, -0.05) is 12.1 Å². The van der Waals surface area contributed by atoms with E-state index in [2.05, 4.69) is 4.98 Å². The lowest BCUT2D eigenvalue weighted by Gasteiger charge is -2.20. The molecule has 0 aliphatic carbocycles. The smallest absolute Gasteiger partial charge is 0.146 e. The summed E-state index contributed by atoms with van der Waals surface area (Å²) in [5.74, 6) is -0.252. The zero-order valence-electron chi connectivity index (χ0n) is 11.2. The highest BCUT2D eigenvalue weighted by Crippen LogP contribution is 2.20. The second-order valence-corrected chi connectivity index (χ2v) is 4.62. The number of pyridine rings is 1. The van der Waals surface area contributed by atoms with E-state index in [9.17, 15) is 4.39 Å². The van der Waals surface area contributed by atoms with Gasteiger partial charge in [0, 0.05) is 19.3 Å². The summed E-state index contributed by atoms with van der Waals surface area (Å²) >= 11 is 0. The van der Waals surface area contributed by atoms with Gasteiger partial charge in [-0.05, 0) is 36.8 Å². The van der Waals surface area contributed by atoms with Crippen LogP contribution in [0.1, 0.15) is 17.0 Å². The van der Waals surface area contributed by atoms with E-state index in [1.165, 1.54) is 6.07 Å². The van der Waals surface area contributed by atoms with Crippen molar-refractivity contribution < 1.29 is 4.39 Å². The minimum Gasteiger partial charge on any atom is -0.366 e. The van der Waals surface area contributed by atoms with Gasteiger partial charge in [-0.3, -0.25) is 4.98 Å². The Bertz CT molecular complexity index is 569. The van der Waals surface area contributed by atoms with E-state index in [0.717, 1.165) is 17.0 Å². The number of hydrogen-bond donors (Lipinski definition) is 1. The average Bonchev–Trinajstić information content (AvgIpc) is 2.38. The molecule has 0 aliphatic heterocycles. The number of anilines is 1. The van der Waals surface area contributed by atoms with Gasteiger partial charge in [0.25, 0.3) is 0 Å². The average molecular weight is 259 g/mol. The fraction of sp³-hybridized carbons (Fsp3) is 0.267. The molecule has 0 bridgehead atoms. The normalized spacial score (nSPS) is 10.5. The molecule has 2 rings (SSSR count). The summed E-state index contributed by atoms with van der Waals surface area (Å²) in [6, 6.07) is 10.9. The third kappa shape index (κ3) is 3.29. The highest BCUT2D eigenvalue weighted by Gasteiger charge is 2.09. The largest absolute Gasteiger partial charge is 0.366 e. The Morgan fingerprint density at radius 1 is 1.26 bits per heavy atom. The Hall–Kier alpha value is -1.94. The van der Waals surface area contributed by atoms with Crippen LogP contribution in [-0.2, 0) is 13.1 Å². The number of aryl methyl sites for hydroxylation is 1. The van der Waals surface area contributed by atoms with Gasteiger partial charge in [-0.25, -0.2) is 4.39 Å². The summed E-state index contributed by atoms with van der Waals surface area (Å²) in [5.41, 5.74) is 8.73. The molecule has 100 valence electrons. The number of nitrogens with two attached hydrogens (primary N) is 1. The topological polar surface area (TPSA) is 42.1 Å². The minimum atomic E-state index is -0.252. The van der Waals surface area contributed by atoms with E-state index in [0.29, 0.717) is 18.8 Å². The lowest BCUT2D eigenvalue weighted by atomic mass is 10.2. The summed E-state index contributed by atoms with van der Waals surface area (Å²) < 4.78 is 14.0. The Morgan fingerprint density at radius 3 is 2.68 bits per heavy atom. The molecule has 0 atom stereocenters. The molecule has 2 N–H and O–H groups in total. The van der Waals surface area contributed by atoms with Crippen LogP contribution in [0, 0.1) is 12.7 Å². The standard InChI is InChI=1S/C15H18FN3/c1-11-4-3-5-13(18-11)10-19(2)15-7-6-12(9-17)8-14(15)16/h3-8H,9-10,17H2,1-2H3. The summed E-state index contributed by atoms with van der Waals surface area (Å²) in [6.45, 7) is 2.86. The van der Waals surface area contributed by atoms with Crippen molar-refractivity contribution in [1.82, 2.24) is 4.98 Å². The number of benzene rings is 1. The van der Waals surface area contributed by atoms with Crippen LogP contribution >= 0.6 is 0 Å². The van der Waals surface area contributed by atoms with Crippen molar-refractivity contribution in [1.29, 1.82) is 0 Å². The number of rotatable bonds is 4. The maximum atomic E-state index is 14.0. The Balaban J connectivity index is 2.18. The van der Waals surface area contributed by atoms with E-state index < -0.39 is 0 Å². The van der Waals surface area contributed by atoms with Crippen LogP contribution < -0.4 is 10.6 Å². The fourth-order valence-electron chi connectivity index (χ4n) is 2.00. The summed E-state index contributed by atoms with van der Waals surface area (Å²) in [7, 11) is 1.85. The molecule has 2 aromatic rings. The first-order chi connectivity index (χ1) is 9.10. The van der Waals surface area contributed by atoms with E-state index >= 15 is 0 Å². The first-order valence-electron chi connectivity index (χ1n) is 6.22. The molecule has 0 saturated carbocycles.